The summed E-state index contributed by atoms with van der Waals surface area (Å²) in [6.45, 7) is 4.27. The van der Waals surface area contributed by atoms with Gasteiger partial charge in [-0.2, -0.15) is 0 Å². The molecular weight excluding hydrogens is 448 g/mol. The highest BCUT2D eigenvalue weighted by atomic mass is 16.3. The lowest BCUT2D eigenvalue weighted by Crippen LogP contribution is -2.60. The number of likely N-dealkylation sites (tertiary alicyclic amines) is 1. The third-order valence-corrected chi connectivity index (χ3v) is 8.94. The van der Waals surface area contributed by atoms with Crippen LogP contribution in [0.5, 0.6) is 0 Å². The van der Waals surface area contributed by atoms with Crippen LogP contribution in [0.1, 0.15) is 56.2 Å². The summed E-state index contributed by atoms with van der Waals surface area (Å²) in [5.41, 5.74) is 2.14. The summed E-state index contributed by atoms with van der Waals surface area (Å²) in [4.78, 5) is 27.8. The average molecular weight is 485 g/mol. The molecule has 1 aromatic heterocycles. The minimum absolute atomic E-state index is 0.0355. The quantitative estimate of drug-likeness (QED) is 0.577. The summed E-state index contributed by atoms with van der Waals surface area (Å²) in [7, 11) is 0. The molecule has 188 valence electrons. The Balaban J connectivity index is 1.16. The molecule has 3 aliphatic rings. The summed E-state index contributed by atoms with van der Waals surface area (Å²) < 4.78 is 0. The molecule has 1 amide bonds. The van der Waals surface area contributed by atoms with Crippen LogP contribution in [0.3, 0.4) is 0 Å². The minimum atomic E-state index is -0.836. The van der Waals surface area contributed by atoms with E-state index < -0.39 is 5.60 Å². The van der Waals surface area contributed by atoms with Crippen molar-refractivity contribution in [3.05, 3.63) is 65.9 Å². The normalized spacial score (nSPS) is 27.2. The van der Waals surface area contributed by atoms with Gasteiger partial charge in [0, 0.05) is 42.9 Å². The Morgan fingerprint density at radius 3 is 2.44 bits per heavy atom. The van der Waals surface area contributed by atoms with Gasteiger partial charge in [-0.3, -0.25) is 4.79 Å². The van der Waals surface area contributed by atoms with Gasteiger partial charge in [0.1, 0.15) is 0 Å². The first kappa shape index (κ1) is 23.4. The third kappa shape index (κ3) is 4.05. The van der Waals surface area contributed by atoms with E-state index in [1.807, 2.05) is 43.3 Å². The predicted octanol–water partition coefficient (Wildman–Crippen LogP) is 4.83. The van der Waals surface area contributed by atoms with E-state index in [1.54, 1.807) is 0 Å². The molecule has 0 radical (unpaired) electrons. The van der Waals surface area contributed by atoms with Gasteiger partial charge < -0.3 is 14.9 Å². The number of carbonyl (C=O) groups excluding carboxylic acids is 1. The van der Waals surface area contributed by atoms with Gasteiger partial charge in [-0.25, -0.2) is 9.97 Å². The van der Waals surface area contributed by atoms with E-state index in [-0.39, 0.29) is 23.8 Å². The molecule has 3 aromatic rings. The fourth-order valence-electron chi connectivity index (χ4n) is 6.96. The van der Waals surface area contributed by atoms with Crippen molar-refractivity contribution in [3.63, 3.8) is 0 Å². The van der Waals surface area contributed by atoms with Crippen LogP contribution in [0, 0.1) is 18.8 Å². The number of para-hydroxylation sites is 1. The Hall–Kier alpha value is -2.99. The van der Waals surface area contributed by atoms with Crippen LogP contribution in [-0.4, -0.2) is 51.6 Å². The fourth-order valence-corrected chi connectivity index (χ4v) is 6.96. The highest BCUT2D eigenvalue weighted by molar-refractivity contribution is 5.82. The molecule has 6 rings (SSSR count). The molecule has 2 aliphatic heterocycles. The highest BCUT2D eigenvalue weighted by Crippen LogP contribution is 2.47. The zero-order chi connectivity index (χ0) is 24.7. The Bertz CT molecular complexity index is 1240. The second-order valence-electron chi connectivity index (χ2n) is 10.9. The Kier molecular flexibility index (Phi) is 6.16. The van der Waals surface area contributed by atoms with Gasteiger partial charge in [0.05, 0.1) is 16.8 Å². The third-order valence-electron chi connectivity index (χ3n) is 8.94. The van der Waals surface area contributed by atoms with Crippen molar-refractivity contribution in [2.75, 3.05) is 24.5 Å². The summed E-state index contributed by atoms with van der Waals surface area (Å²) in [5, 5.41) is 12.9. The number of piperidine rings is 2. The predicted molar refractivity (Wildman–Crippen MR) is 142 cm³/mol. The second kappa shape index (κ2) is 9.47. The number of anilines is 1. The first-order valence-electron chi connectivity index (χ1n) is 13.6. The topological polar surface area (TPSA) is 69.6 Å². The van der Waals surface area contributed by atoms with Gasteiger partial charge in [-0.05, 0) is 50.7 Å². The lowest BCUT2D eigenvalue weighted by Gasteiger charge is -2.53. The maximum absolute atomic E-state index is 13.8. The van der Waals surface area contributed by atoms with Crippen molar-refractivity contribution >= 4 is 22.8 Å². The van der Waals surface area contributed by atoms with E-state index in [9.17, 15) is 9.90 Å². The molecule has 2 saturated heterocycles. The van der Waals surface area contributed by atoms with Gasteiger partial charge >= 0.3 is 0 Å². The molecule has 6 nitrogen and oxygen atoms in total. The first-order valence-corrected chi connectivity index (χ1v) is 13.6. The molecular formula is C30H36N4O2. The number of hydrogen-bond acceptors (Lipinski definition) is 5. The number of aliphatic hydroxyl groups is 1. The van der Waals surface area contributed by atoms with Gasteiger partial charge in [-0.1, -0.05) is 61.4 Å². The van der Waals surface area contributed by atoms with E-state index in [0.29, 0.717) is 13.0 Å². The lowest BCUT2D eigenvalue weighted by atomic mass is 9.66. The number of aryl methyl sites for hydroxylation is 1. The van der Waals surface area contributed by atoms with Crippen molar-refractivity contribution in [2.24, 2.45) is 11.8 Å². The number of nitrogens with zero attached hydrogens (tertiary/aromatic N) is 4. The van der Waals surface area contributed by atoms with Crippen molar-refractivity contribution in [1.82, 2.24) is 14.9 Å². The van der Waals surface area contributed by atoms with Gasteiger partial charge in [0.25, 0.3) is 0 Å². The SMILES string of the molecule is Cc1nc(N2CCC(C(=O)N3CC[C@@](O)(c4ccccc4)[C@H]4CCCC[C@@H]43)CC2)nc2ccccc12. The number of hydrogen-bond donors (Lipinski definition) is 1. The van der Waals surface area contributed by atoms with E-state index in [1.165, 1.54) is 0 Å². The lowest BCUT2D eigenvalue weighted by molar-refractivity contribution is -0.159. The average Bonchev–Trinajstić information content (AvgIpc) is 2.94. The molecule has 1 saturated carbocycles. The van der Waals surface area contributed by atoms with Crippen LogP contribution in [-0.2, 0) is 10.4 Å². The zero-order valence-corrected chi connectivity index (χ0v) is 21.1. The standard InChI is InChI=1S/C30H36N4O2/c1-21-24-11-5-7-13-26(24)32-29(31-21)33-18-15-22(16-19-33)28(35)34-20-17-30(36,23-9-3-2-4-10-23)25-12-6-8-14-27(25)34/h2-5,7,9-11,13,22,25,27,36H,6,8,12,14-20H2,1H3/t25-,27-,30+/m0/s1. The van der Waals surface area contributed by atoms with Gasteiger partial charge in [-0.15, -0.1) is 0 Å². The van der Waals surface area contributed by atoms with Crippen LogP contribution in [0.15, 0.2) is 54.6 Å². The fraction of sp³-hybridized carbons (Fsp3) is 0.500. The van der Waals surface area contributed by atoms with Crippen molar-refractivity contribution in [1.29, 1.82) is 0 Å². The van der Waals surface area contributed by atoms with Crippen LogP contribution < -0.4 is 4.90 Å². The summed E-state index contributed by atoms with van der Waals surface area (Å²) in [5.74, 6) is 1.21. The maximum atomic E-state index is 13.8. The summed E-state index contributed by atoms with van der Waals surface area (Å²) >= 11 is 0. The molecule has 1 aliphatic carbocycles. The highest BCUT2D eigenvalue weighted by Gasteiger charge is 2.51. The largest absolute Gasteiger partial charge is 0.385 e. The van der Waals surface area contributed by atoms with Gasteiger partial charge in [0.15, 0.2) is 0 Å². The van der Waals surface area contributed by atoms with Crippen LogP contribution in [0.25, 0.3) is 10.9 Å². The molecule has 6 heteroatoms. The summed E-state index contributed by atoms with van der Waals surface area (Å²) in [6.07, 6.45) is 6.50. The van der Waals surface area contributed by atoms with Crippen LogP contribution in [0.2, 0.25) is 0 Å². The van der Waals surface area contributed by atoms with E-state index in [4.69, 9.17) is 9.97 Å². The second-order valence-corrected chi connectivity index (χ2v) is 10.9. The molecule has 0 spiro atoms. The first-order chi connectivity index (χ1) is 17.5. The monoisotopic (exact) mass is 484 g/mol. The van der Waals surface area contributed by atoms with Crippen molar-refractivity contribution in [2.45, 2.75) is 63.5 Å². The maximum Gasteiger partial charge on any atom is 0.226 e. The Labute approximate surface area is 213 Å². The smallest absolute Gasteiger partial charge is 0.226 e. The Morgan fingerprint density at radius 2 is 1.64 bits per heavy atom. The number of aromatic nitrogens is 2. The van der Waals surface area contributed by atoms with Crippen molar-refractivity contribution < 1.29 is 9.90 Å². The number of rotatable bonds is 3. The van der Waals surface area contributed by atoms with Crippen LogP contribution >= 0.6 is 0 Å². The minimum Gasteiger partial charge on any atom is -0.385 e. The molecule has 3 atom stereocenters. The number of amides is 1. The Morgan fingerprint density at radius 1 is 0.917 bits per heavy atom. The molecule has 1 N–H and O–H groups in total. The van der Waals surface area contributed by atoms with E-state index in [0.717, 1.165) is 79.7 Å². The van der Waals surface area contributed by atoms with Gasteiger partial charge in [0.2, 0.25) is 11.9 Å². The van der Waals surface area contributed by atoms with E-state index in [2.05, 4.69) is 28.0 Å². The summed E-state index contributed by atoms with van der Waals surface area (Å²) in [6, 6.07) is 18.4. The molecule has 3 fully saturated rings. The number of fused-ring (bicyclic) bond motifs is 2. The molecule has 2 aromatic carbocycles. The van der Waals surface area contributed by atoms with Crippen molar-refractivity contribution in [3.8, 4) is 0 Å². The number of carbonyl (C=O) groups is 1. The molecule has 0 bridgehead atoms. The number of benzene rings is 2. The molecule has 3 heterocycles. The molecule has 0 unspecified atom stereocenters. The van der Waals surface area contributed by atoms with Crippen LogP contribution in [0.4, 0.5) is 5.95 Å². The molecule has 36 heavy (non-hydrogen) atoms. The van der Waals surface area contributed by atoms with E-state index >= 15 is 0 Å². The zero-order valence-electron chi connectivity index (χ0n) is 21.1.